The minimum atomic E-state index is -0.502. The third-order valence-electron chi connectivity index (χ3n) is 6.84. The quantitative estimate of drug-likeness (QED) is 0.498. The SMILES string of the molecule is CC(C)N(C(=O)c1cc(F)ccc1Oc1cncnc1N1CC2(CCNCC2)C1)c1ccccc1.Cl. The fraction of sp³-hybridized carbons (Fsp3) is 0.370. The number of anilines is 2. The topological polar surface area (TPSA) is 70.6 Å². The van der Waals surface area contributed by atoms with Gasteiger partial charge in [-0.2, -0.15) is 0 Å². The number of para-hydroxylation sites is 1. The second-order valence-corrected chi connectivity index (χ2v) is 9.66. The van der Waals surface area contributed by atoms with Crippen molar-refractivity contribution >= 4 is 29.8 Å². The number of hydrogen-bond donors (Lipinski definition) is 1. The van der Waals surface area contributed by atoms with E-state index in [2.05, 4.69) is 20.2 Å². The standard InChI is InChI=1S/C27H30FN5O2.ClH/c1-19(2)33(21-6-4-3-5-7-21)26(34)22-14-20(28)8-9-23(22)35-24-15-30-18-31-25(24)32-16-27(17-32)10-12-29-13-11-27;/h3-9,14-15,18-19,29H,10-13,16-17H2,1-2H3;1H. The molecule has 3 heterocycles. The van der Waals surface area contributed by atoms with E-state index in [1.807, 2.05) is 44.2 Å². The predicted molar refractivity (Wildman–Crippen MR) is 141 cm³/mol. The van der Waals surface area contributed by atoms with Gasteiger partial charge < -0.3 is 19.9 Å². The molecule has 0 saturated carbocycles. The largest absolute Gasteiger partial charge is 0.451 e. The number of carbonyl (C=O) groups is 1. The van der Waals surface area contributed by atoms with E-state index < -0.39 is 5.82 Å². The summed E-state index contributed by atoms with van der Waals surface area (Å²) in [4.78, 5) is 26.1. The molecule has 1 spiro atoms. The van der Waals surface area contributed by atoms with Gasteiger partial charge >= 0.3 is 0 Å². The molecule has 0 atom stereocenters. The molecule has 1 N–H and O–H groups in total. The summed E-state index contributed by atoms with van der Waals surface area (Å²) < 4.78 is 20.5. The first-order valence-electron chi connectivity index (χ1n) is 12.1. The highest BCUT2D eigenvalue weighted by Gasteiger charge is 2.44. The molecule has 5 rings (SSSR count). The summed E-state index contributed by atoms with van der Waals surface area (Å²) in [5.74, 6) is 0.573. The normalized spacial score (nSPS) is 16.3. The van der Waals surface area contributed by atoms with Gasteiger partial charge in [-0.05, 0) is 70.1 Å². The lowest BCUT2D eigenvalue weighted by Crippen LogP contribution is -2.60. The van der Waals surface area contributed by atoms with Gasteiger partial charge in [0, 0.05) is 30.2 Å². The Balaban J connectivity index is 0.00000304. The zero-order valence-electron chi connectivity index (χ0n) is 20.5. The number of aromatic nitrogens is 2. The maximum Gasteiger partial charge on any atom is 0.262 e. The summed E-state index contributed by atoms with van der Waals surface area (Å²) >= 11 is 0. The van der Waals surface area contributed by atoms with Crippen molar-refractivity contribution < 1.29 is 13.9 Å². The Morgan fingerprint density at radius 2 is 1.83 bits per heavy atom. The van der Waals surface area contributed by atoms with Gasteiger partial charge in [-0.1, -0.05) is 18.2 Å². The van der Waals surface area contributed by atoms with Crippen molar-refractivity contribution in [3.8, 4) is 11.5 Å². The second kappa shape index (κ2) is 10.8. The van der Waals surface area contributed by atoms with Crippen LogP contribution in [0.25, 0.3) is 0 Å². The van der Waals surface area contributed by atoms with Gasteiger partial charge in [0.25, 0.3) is 5.91 Å². The maximum atomic E-state index is 14.3. The summed E-state index contributed by atoms with van der Waals surface area (Å²) in [6.07, 6.45) is 5.39. The number of amides is 1. The van der Waals surface area contributed by atoms with Crippen LogP contribution in [0.5, 0.6) is 11.5 Å². The van der Waals surface area contributed by atoms with Gasteiger partial charge in [0.15, 0.2) is 11.6 Å². The summed E-state index contributed by atoms with van der Waals surface area (Å²) in [7, 11) is 0. The average molecular weight is 512 g/mol. The molecule has 0 bridgehead atoms. The van der Waals surface area contributed by atoms with E-state index in [4.69, 9.17) is 4.74 Å². The van der Waals surface area contributed by atoms with Crippen molar-refractivity contribution in [2.75, 3.05) is 36.0 Å². The number of benzene rings is 2. The maximum absolute atomic E-state index is 14.3. The molecule has 7 nitrogen and oxygen atoms in total. The molecule has 3 aromatic rings. The number of rotatable bonds is 6. The third kappa shape index (κ3) is 5.15. The molecule has 2 aliphatic rings. The van der Waals surface area contributed by atoms with Crippen molar-refractivity contribution in [1.29, 1.82) is 0 Å². The Labute approximate surface area is 217 Å². The Kier molecular flexibility index (Phi) is 7.76. The predicted octanol–water partition coefficient (Wildman–Crippen LogP) is 5.07. The number of ether oxygens (including phenoxy) is 1. The van der Waals surface area contributed by atoms with Crippen LogP contribution in [0.3, 0.4) is 0 Å². The van der Waals surface area contributed by atoms with Gasteiger partial charge in [0.05, 0.1) is 11.8 Å². The molecule has 36 heavy (non-hydrogen) atoms. The fourth-order valence-electron chi connectivity index (χ4n) is 5.05. The molecule has 0 aliphatic carbocycles. The summed E-state index contributed by atoms with van der Waals surface area (Å²) in [6.45, 7) is 7.74. The lowest BCUT2D eigenvalue weighted by atomic mass is 9.72. The Morgan fingerprint density at radius 1 is 1.11 bits per heavy atom. The minimum Gasteiger partial charge on any atom is -0.451 e. The van der Waals surface area contributed by atoms with Gasteiger partial charge in [-0.15, -0.1) is 12.4 Å². The smallest absolute Gasteiger partial charge is 0.262 e. The van der Waals surface area contributed by atoms with E-state index in [0.717, 1.165) is 44.7 Å². The Hall–Kier alpha value is -3.23. The highest BCUT2D eigenvalue weighted by Crippen LogP contribution is 2.43. The lowest BCUT2D eigenvalue weighted by molar-refractivity contribution is 0.0977. The lowest BCUT2D eigenvalue weighted by Gasteiger charge is -2.53. The molecule has 0 unspecified atom stereocenters. The van der Waals surface area contributed by atoms with Crippen LogP contribution in [0.15, 0.2) is 61.1 Å². The summed E-state index contributed by atoms with van der Waals surface area (Å²) in [6, 6.07) is 13.2. The minimum absolute atomic E-state index is 0. The molecular formula is C27H31ClFN5O2. The molecule has 2 saturated heterocycles. The van der Waals surface area contributed by atoms with E-state index in [0.29, 0.717) is 17.0 Å². The van der Waals surface area contributed by atoms with Crippen LogP contribution in [-0.4, -0.2) is 48.1 Å². The van der Waals surface area contributed by atoms with Crippen molar-refractivity contribution in [3.63, 3.8) is 0 Å². The van der Waals surface area contributed by atoms with E-state index in [-0.39, 0.29) is 35.7 Å². The highest BCUT2D eigenvalue weighted by atomic mass is 35.5. The molecule has 9 heteroatoms. The molecule has 190 valence electrons. The van der Waals surface area contributed by atoms with Crippen molar-refractivity contribution in [2.45, 2.75) is 32.7 Å². The number of halogens is 2. The van der Waals surface area contributed by atoms with Crippen LogP contribution < -0.4 is 19.9 Å². The van der Waals surface area contributed by atoms with Crippen molar-refractivity contribution in [3.05, 3.63) is 72.4 Å². The van der Waals surface area contributed by atoms with Gasteiger partial charge in [0.1, 0.15) is 17.9 Å². The summed E-state index contributed by atoms with van der Waals surface area (Å²) in [5, 5.41) is 3.42. The highest BCUT2D eigenvalue weighted by molar-refractivity contribution is 6.08. The monoisotopic (exact) mass is 511 g/mol. The second-order valence-electron chi connectivity index (χ2n) is 9.66. The first-order valence-corrected chi connectivity index (χ1v) is 12.1. The number of nitrogens with one attached hydrogen (secondary N) is 1. The van der Waals surface area contributed by atoms with E-state index in [9.17, 15) is 9.18 Å². The van der Waals surface area contributed by atoms with Crippen LogP contribution in [0.4, 0.5) is 15.9 Å². The first-order chi connectivity index (χ1) is 17.0. The average Bonchev–Trinajstić information content (AvgIpc) is 2.85. The van der Waals surface area contributed by atoms with Crippen molar-refractivity contribution in [2.24, 2.45) is 5.41 Å². The first kappa shape index (κ1) is 25.9. The zero-order chi connectivity index (χ0) is 24.4. The van der Waals surface area contributed by atoms with Gasteiger partial charge in [-0.3, -0.25) is 4.79 Å². The number of nitrogens with zero attached hydrogens (tertiary/aromatic N) is 4. The number of piperidine rings is 1. The molecule has 2 fully saturated rings. The van der Waals surface area contributed by atoms with Crippen LogP contribution in [0.2, 0.25) is 0 Å². The van der Waals surface area contributed by atoms with Crippen molar-refractivity contribution in [1.82, 2.24) is 15.3 Å². The zero-order valence-corrected chi connectivity index (χ0v) is 21.3. The van der Waals surface area contributed by atoms with Gasteiger partial charge in [0.2, 0.25) is 0 Å². The molecule has 2 aliphatic heterocycles. The van der Waals surface area contributed by atoms with E-state index in [1.54, 1.807) is 11.1 Å². The Morgan fingerprint density at radius 3 is 2.53 bits per heavy atom. The summed E-state index contributed by atoms with van der Waals surface area (Å²) in [5.41, 5.74) is 1.20. The van der Waals surface area contributed by atoms with Crippen LogP contribution >= 0.6 is 12.4 Å². The molecule has 1 amide bonds. The number of carbonyl (C=O) groups excluding carboxylic acids is 1. The molecular weight excluding hydrogens is 481 g/mol. The van der Waals surface area contributed by atoms with Gasteiger partial charge in [-0.25, -0.2) is 14.4 Å². The molecule has 0 radical (unpaired) electrons. The van der Waals surface area contributed by atoms with Crippen LogP contribution in [0.1, 0.15) is 37.0 Å². The van der Waals surface area contributed by atoms with E-state index in [1.165, 1.54) is 24.5 Å². The van der Waals surface area contributed by atoms with Crippen LogP contribution in [0, 0.1) is 11.2 Å². The fourth-order valence-corrected chi connectivity index (χ4v) is 5.05. The Bertz CT molecular complexity index is 1200. The van der Waals surface area contributed by atoms with E-state index >= 15 is 0 Å². The molecule has 1 aromatic heterocycles. The number of hydrogen-bond acceptors (Lipinski definition) is 6. The van der Waals surface area contributed by atoms with Crippen LogP contribution in [-0.2, 0) is 0 Å². The third-order valence-corrected chi connectivity index (χ3v) is 6.84. The molecule has 2 aromatic carbocycles.